The number of amides is 2. The fraction of sp³-hybridized carbons (Fsp3) is 0.429. The van der Waals surface area contributed by atoms with Gasteiger partial charge in [0.1, 0.15) is 0 Å². The number of aliphatic carboxylic acids is 1. The Hall–Kier alpha value is -3.88. The molecule has 3 aromatic heterocycles. The predicted octanol–water partition coefficient (Wildman–Crippen LogP) is 4.55. The third-order valence-corrected chi connectivity index (χ3v) is 9.84. The second-order valence-corrected chi connectivity index (χ2v) is 12.6. The molecule has 0 saturated carbocycles. The number of anilines is 3. The monoisotopic (exact) mass is 608 g/mol. The molecule has 2 fully saturated rings. The number of carbonyl (C=O) groups excluding carboxylic acids is 1. The van der Waals surface area contributed by atoms with Crippen molar-refractivity contribution < 1.29 is 19.4 Å². The van der Waals surface area contributed by atoms with Crippen molar-refractivity contribution in [1.82, 2.24) is 25.3 Å². The van der Waals surface area contributed by atoms with Gasteiger partial charge in [-0.2, -0.15) is 0 Å². The number of fused-ring (bicyclic) bond motifs is 1. The molecular weight excluding hydrogens is 576 g/mol. The molecular formula is C28H32N8O4S2. The largest absolute Gasteiger partial charge is 0.481 e. The van der Waals surface area contributed by atoms with Gasteiger partial charge < -0.3 is 25.0 Å². The van der Waals surface area contributed by atoms with Gasteiger partial charge in [0.05, 0.1) is 33.7 Å². The quantitative estimate of drug-likeness (QED) is 0.273. The van der Waals surface area contributed by atoms with Crippen LogP contribution >= 0.6 is 22.7 Å². The first-order valence-electron chi connectivity index (χ1n) is 13.9. The van der Waals surface area contributed by atoms with Crippen molar-refractivity contribution in [2.24, 2.45) is 5.41 Å². The van der Waals surface area contributed by atoms with E-state index in [1.807, 2.05) is 24.1 Å². The third kappa shape index (κ3) is 5.74. The number of carboxylic acid groups (broad SMARTS) is 1. The smallest absolute Gasteiger partial charge is 0.321 e. The van der Waals surface area contributed by atoms with Crippen LogP contribution in [0.1, 0.15) is 26.7 Å². The average Bonchev–Trinajstić information content (AvgIpc) is 3.65. The first-order chi connectivity index (χ1) is 20.3. The molecule has 4 aromatic rings. The van der Waals surface area contributed by atoms with Crippen LogP contribution < -0.4 is 20.4 Å². The van der Waals surface area contributed by atoms with Crippen molar-refractivity contribution in [3.63, 3.8) is 0 Å². The fourth-order valence-electron chi connectivity index (χ4n) is 5.08. The zero-order valence-electron chi connectivity index (χ0n) is 23.4. The molecule has 2 amide bonds. The molecule has 0 unspecified atom stereocenters. The third-order valence-electron chi connectivity index (χ3n) is 7.73. The van der Waals surface area contributed by atoms with Gasteiger partial charge in [0, 0.05) is 62.4 Å². The molecule has 42 heavy (non-hydrogen) atoms. The summed E-state index contributed by atoms with van der Waals surface area (Å²) in [5.74, 6) is -0.166. The van der Waals surface area contributed by atoms with Gasteiger partial charge in [0.2, 0.25) is 5.95 Å². The Morgan fingerprint density at radius 2 is 1.74 bits per heavy atom. The van der Waals surface area contributed by atoms with Crippen molar-refractivity contribution in [3.8, 4) is 21.6 Å². The summed E-state index contributed by atoms with van der Waals surface area (Å²) in [5.41, 5.74) is 2.76. The predicted molar refractivity (Wildman–Crippen MR) is 165 cm³/mol. The summed E-state index contributed by atoms with van der Waals surface area (Å²) in [5, 5.41) is 16.6. The molecule has 3 N–H and O–H groups in total. The number of urea groups is 1. The molecule has 2 aliphatic rings. The molecule has 2 aliphatic heterocycles. The van der Waals surface area contributed by atoms with Gasteiger partial charge in [0.25, 0.3) is 0 Å². The molecule has 6 rings (SSSR count). The van der Waals surface area contributed by atoms with E-state index < -0.39 is 11.4 Å². The summed E-state index contributed by atoms with van der Waals surface area (Å²) in [6.45, 7) is 8.35. The number of nitrogens with one attached hydrogen (secondary N) is 2. The van der Waals surface area contributed by atoms with E-state index in [4.69, 9.17) is 14.7 Å². The van der Waals surface area contributed by atoms with Gasteiger partial charge in [-0.25, -0.2) is 24.7 Å². The van der Waals surface area contributed by atoms with E-state index >= 15 is 0 Å². The second kappa shape index (κ2) is 11.8. The normalized spacial score (nSPS) is 16.9. The number of ether oxygens (including phenoxy) is 1. The number of hydrogen-bond donors (Lipinski definition) is 3. The number of thiazole rings is 2. The lowest BCUT2D eigenvalue weighted by Gasteiger charge is -2.36. The SMILES string of the molecule is CCNC(=O)Nc1nc2cc(-c3cnc(N4CCC(C)(C(=O)O)CC4)nc3)cc(-c3cnc(N4CCOCC4)s3)c2s1. The number of rotatable bonds is 7. The van der Waals surface area contributed by atoms with Crippen molar-refractivity contribution in [2.45, 2.75) is 26.7 Å². The van der Waals surface area contributed by atoms with E-state index in [1.54, 1.807) is 30.7 Å². The van der Waals surface area contributed by atoms with Crippen molar-refractivity contribution in [2.75, 3.05) is 61.1 Å². The van der Waals surface area contributed by atoms with Crippen molar-refractivity contribution >= 4 is 61.1 Å². The number of aromatic nitrogens is 4. The summed E-state index contributed by atoms with van der Waals surface area (Å²) >= 11 is 3.05. The van der Waals surface area contributed by atoms with E-state index in [2.05, 4.69) is 31.6 Å². The number of carbonyl (C=O) groups is 2. The van der Waals surface area contributed by atoms with Gasteiger partial charge in [-0.15, -0.1) is 0 Å². The summed E-state index contributed by atoms with van der Waals surface area (Å²) in [7, 11) is 0. The first-order valence-corrected chi connectivity index (χ1v) is 15.6. The van der Waals surface area contributed by atoms with Crippen LogP contribution in [0.2, 0.25) is 0 Å². The van der Waals surface area contributed by atoms with E-state index in [0.29, 0.717) is 56.8 Å². The topological polar surface area (TPSA) is 146 Å². The number of nitrogens with zero attached hydrogens (tertiary/aromatic N) is 6. The second-order valence-electron chi connectivity index (χ2n) is 10.6. The number of piperidine rings is 1. The molecule has 0 bridgehead atoms. The Balaban J connectivity index is 1.32. The summed E-state index contributed by atoms with van der Waals surface area (Å²) < 4.78 is 6.46. The molecule has 0 aliphatic carbocycles. The molecule has 0 radical (unpaired) electrons. The van der Waals surface area contributed by atoms with Crippen LogP contribution in [0.5, 0.6) is 0 Å². The van der Waals surface area contributed by atoms with Crippen LogP contribution in [0.3, 0.4) is 0 Å². The zero-order valence-corrected chi connectivity index (χ0v) is 25.1. The summed E-state index contributed by atoms with van der Waals surface area (Å²) in [6, 6.07) is 3.79. The van der Waals surface area contributed by atoms with Gasteiger partial charge in [-0.1, -0.05) is 22.7 Å². The van der Waals surface area contributed by atoms with Crippen molar-refractivity contribution in [1.29, 1.82) is 0 Å². The molecule has 220 valence electrons. The van der Waals surface area contributed by atoms with E-state index in [9.17, 15) is 14.7 Å². The molecule has 14 heteroatoms. The lowest BCUT2D eigenvalue weighted by molar-refractivity contribution is -0.149. The van der Waals surface area contributed by atoms with Gasteiger partial charge >= 0.3 is 12.0 Å². The molecule has 0 atom stereocenters. The highest BCUT2D eigenvalue weighted by atomic mass is 32.1. The maximum absolute atomic E-state index is 12.2. The highest BCUT2D eigenvalue weighted by molar-refractivity contribution is 7.24. The highest BCUT2D eigenvalue weighted by Gasteiger charge is 2.37. The van der Waals surface area contributed by atoms with Crippen molar-refractivity contribution in [3.05, 3.63) is 30.7 Å². The lowest BCUT2D eigenvalue weighted by atomic mass is 9.80. The number of hydrogen-bond acceptors (Lipinski definition) is 11. The first kappa shape index (κ1) is 28.2. The standard InChI is InChI=1S/C28H32N8O4S2/c1-3-29-25(39)34-26-33-20-13-17(18-14-30-24(31-15-18)35-6-4-28(2,5-7-35)23(37)38)12-19(22(20)42-26)21-16-32-27(41-21)36-8-10-40-11-9-36/h12-16H,3-11H2,1-2H3,(H,37,38)(H2,29,33,34,39). The maximum atomic E-state index is 12.2. The van der Waals surface area contributed by atoms with Crippen LogP contribution in [0.15, 0.2) is 30.7 Å². The Morgan fingerprint density at radius 1 is 1.00 bits per heavy atom. The van der Waals surface area contributed by atoms with E-state index in [0.717, 1.165) is 50.0 Å². The Morgan fingerprint density at radius 3 is 2.43 bits per heavy atom. The maximum Gasteiger partial charge on any atom is 0.321 e. The van der Waals surface area contributed by atoms with Gasteiger partial charge in [-0.05, 0) is 44.4 Å². The van der Waals surface area contributed by atoms with E-state index in [1.165, 1.54) is 11.3 Å². The van der Waals surface area contributed by atoms with Crippen LogP contribution in [0, 0.1) is 5.41 Å². The average molecular weight is 609 g/mol. The molecule has 12 nitrogen and oxygen atoms in total. The lowest BCUT2D eigenvalue weighted by Crippen LogP contribution is -2.43. The fourth-order valence-corrected chi connectivity index (χ4v) is 7.10. The Bertz CT molecular complexity index is 1590. The van der Waals surface area contributed by atoms with Crippen LogP contribution in [0.4, 0.5) is 21.0 Å². The van der Waals surface area contributed by atoms with Crippen LogP contribution in [-0.2, 0) is 9.53 Å². The zero-order chi connectivity index (χ0) is 29.3. The Kier molecular flexibility index (Phi) is 7.92. The summed E-state index contributed by atoms with van der Waals surface area (Å²) in [4.78, 5) is 47.8. The van der Waals surface area contributed by atoms with Crippen LogP contribution in [-0.4, -0.2) is 83.0 Å². The minimum atomic E-state index is -0.756. The Labute approximate surface area is 250 Å². The molecule has 5 heterocycles. The molecule has 2 saturated heterocycles. The summed E-state index contributed by atoms with van der Waals surface area (Å²) in [6.07, 6.45) is 6.58. The number of morpholine rings is 1. The minimum Gasteiger partial charge on any atom is -0.481 e. The minimum absolute atomic E-state index is 0.295. The highest BCUT2D eigenvalue weighted by Crippen LogP contribution is 2.42. The molecule has 1 aromatic carbocycles. The number of benzene rings is 1. The molecule has 0 spiro atoms. The van der Waals surface area contributed by atoms with Gasteiger partial charge in [0.15, 0.2) is 10.3 Å². The number of carboxylic acids is 1. The van der Waals surface area contributed by atoms with Gasteiger partial charge in [-0.3, -0.25) is 10.1 Å². The van der Waals surface area contributed by atoms with Crippen LogP contribution in [0.25, 0.3) is 31.8 Å². The van der Waals surface area contributed by atoms with E-state index in [-0.39, 0.29) is 6.03 Å².